The highest BCUT2D eigenvalue weighted by Crippen LogP contribution is 2.26. The molecule has 0 saturated carbocycles. The molecule has 0 aromatic heterocycles. The lowest BCUT2D eigenvalue weighted by atomic mass is 10.1. The van der Waals surface area contributed by atoms with E-state index in [1.54, 1.807) is 19.1 Å². The monoisotopic (exact) mass is 430 g/mol. The zero-order valence-corrected chi connectivity index (χ0v) is 17.7. The first kappa shape index (κ1) is 21.3. The van der Waals surface area contributed by atoms with Gasteiger partial charge in [-0.15, -0.1) is 11.8 Å². The number of thioether (sulfide) groups is 1. The minimum absolute atomic E-state index is 0.0349. The van der Waals surface area contributed by atoms with Crippen molar-refractivity contribution in [1.29, 1.82) is 0 Å². The second kappa shape index (κ2) is 10.4. The normalized spacial score (nSPS) is 13.6. The van der Waals surface area contributed by atoms with Crippen molar-refractivity contribution in [2.24, 2.45) is 0 Å². The summed E-state index contributed by atoms with van der Waals surface area (Å²) >= 11 is 7.37. The van der Waals surface area contributed by atoms with Crippen LogP contribution < -0.4 is 10.6 Å². The van der Waals surface area contributed by atoms with Crippen molar-refractivity contribution in [2.45, 2.75) is 19.8 Å². The van der Waals surface area contributed by atoms with Gasteiger partial charge in [-0.1, -0.05) is 35.9 Å². The van der Waals surface area contributed by atoms with Crippen LogP contribution in [0.1, 0.15) is 18.1 Å². The third kappa shape index (κ3) is 6.54. The first-order chi connectivity index (χ1) is 14.0. The number of rotatable bonds is 7. The number of benzene rings is 2. The van der Waals surface area contributed by atoms with E-state index in [1.807, 2.05) is 36.4 Å². The van der Waals surface area contributed by atoms with Crippen LogP contribution in [-0.2, 0) is 27.2 Å². The van der Waals surface area contributed by atoms with Crippen molar-refractivity contribution in [3.63, 3.8) is 0 Å². The van der Waals surface area contributed by atoms with Gasteiger partial charge in [0.05, 0.1) is 13.0 Å². The molecule has 0 aliphatic carbocycles. The quantitative estimate of drug-likeness (QED) is 0.691. The van der Waals surface area contributed by atoms with E-state index in [9.17, 15) is 9.59 Å². The number of allylic oxidation sites excluding steroid dienone is 1. The molecule has 7 heteroatoms. The van der Waals surface area contributed by atoms with Crippen molar-refractivity contribution in [3.8, 4) is 0 Å². The predicted molar refractivity (Wildman–Crippen MR) is 118 cm³/mol. The number of hydrogen-bond acceptors (Lipinski definition) is 4. The maximum atomic E-state index is 12.4. The number of halogens is 1. The lowest BCUT2D eigenvalue weighted by Crippen LogP contribution is -2.27. The van der Waals surface area contributed by atoms with Crippen molar-refractivity contribution in [2.75, 3.05) is 24.2 Å². The molecule has 2 aromatic rings. The molecule has 1 aliphatic heterocycles. The maximum absolute atomic E-state index is 12.4. The van der Waals surface area contributed by atoms with Crippen LogP contribution in [0.3, 0.4) is 0 Å². The fourth-order valence-corrected chi connectivity index (χ4v) is 3.81. The Morgan fingerprint density at radius 3 is 2.45 bits per heavy atom. The Morgan fingerprint density at radius 1 is 1.07 bits per heavy atom. The Hall–Kier alpha value is -2.44. The van der Waals surface area contributed by atoms with Crippen molar-refractivity contribution in [3.05, 3.63) is 75.3 Å². The molecule has 1 heterocycles. The zero-order valence-electron chi connectivity index (χ0n) is 16.2. The van der Waals surface area contributed by atoms with Gasteiger partial charge in [0.15, 0.2) is 0 Å². The van der Waals surface area contributed by atoms with Crippen LogP contribution in [0.5, 0.6) is 0 Å². The summed E-state index contributed by atoms with van der Waals surface area (Å²) in [6.07, 6.45) is 1.05. The molecule has 5 nitrogen and oxygen atoms in total. The van der Waals surface area contributed by atoms with Crippen molar-refractivity contribution < 1.29 is 14.3 Å². The molecule has 29 heavy (non-hydrogen) atoms. The van der Waals surface area contributed by atoms with Crippen LogP contribution in [0.15, 0.2) is 59.2 Å². The third-order valence-electron chi connectivity index (χ3n) is 4.40. The summed E-state index contributed by atoms with van der Waals surface area (Å²) in [6, 6.07) is 14.9. The van der Waals surface area contributed by atoms with Crippen LogP contribution in [0, 0.1) is 0 Å². The molecular formula is C22H23ClN2O3S. The van der Waals surface area contributed by atoms with E-state index in [-0.39, 0.29) is 11.8 Å². The molecule has 0 radical (unpaired) electrons. The lowest BCUT2D eigenvalue weighted by Gasteiger charge is -2.17. The summed E-state index contributed by atoms with van der Waals surface area (Å²) in [5, 5.41) is 6.50. The minimum Gasteiger partial charge on any atom is -0.496 e. The molecule has 2 N–H and O–H groups in total. The van der Waals surface area contributed by atoms with Gasteiger partial charge in [0, 0.05) is 23.0 Å². The fraction of sp³-hybridized carbons (Fsp3) is 0.273. The molecule has 0 bridgehead atoms. The number of ether oxygens (including phenoxy) is 1. The second-order valence-corrected chi connectivity index (χ2v) is 8.18. The molecule has 0 spiro atoms. The Kier molecular flexibility index (Phi) is 7.61. The standard InChI is InChI=1S/C22H23ClN2O3S/c1-15-21(29-13-12-28-15)22(27)25-19-8-4-17(5-9-19)14-20(26)24-11-10-16-2-6-18(23)7-3-16/h2-9H,10-14H2,1H3,(H,24,26)(H,25,27). The largest absolute Gasteiger partial charge is 0.496 e. The summed E-state index contributed by atoms with van der Waals surface area (Å²) in [5.41, 5.74) is 2.70. The molecule has 2 aromatic carbocycles. The maximum Gasteiger partial charge on any atom is 0.265 e. The molecule has 0 saturated heterocycles. The summed E-state index contributed by atoms with van der Waals surface area (Å²) in [6.45, 7) is 3.00. The Morgan fingerprint density at radius 2 is 1.76 bits per heavy atom. The molecule has 0 fully saturated rings. The van der Waals surface area contributed by atoms with Gasteiger partial charge in [-0.25, -0.2) is 0 Å². The minimum atomic E-state index is -0.167. The molecule has 152 valence electrons. The van der Waals surface area contributed by atoms with E-state index in [1.165, 1.54) is 11.8 Å². The summed E-state index contributed by atoms with van der Waals surface area (Å²) < 4.78 is 5.43. The molecule has 3 rings (SSSR count). The number of hydrogen-bond donors (Lipinski definition) is 2. The van der Waals surface area contributed by atoms with E-state index in [4.69, 9.17) is 16.3 Å². The van der Waals surface area contributed by atoms with Gasteiger partial charge in [-0.2, -0.15) is 0 Å². The van der Waals surface area contributed by atoms with Gasteiger partial charge < -0.3 is 15.4 Å². The number of carbonyl (C=O) groups is 2. The Bertz CT molecular complexity index is 895. The number of amides is 2. The van der Waals surface area contributed by atoms with Gasteiger partial charge in [0.1, 0.15) is 10.7 Å². The van der Waals surface area contributed by atoms with Crippen LogP contribution >= 0.6 is 23.4 Å². The molecule has 1 aliphatic rings. The summed E-state index contributed by atoms with van der Waals surface area (Å²) in [5.74, 6) is 1.23. The third-order valence-corrected chi connectivity index (χ3v) is 5.78. The van der Waals surface area contributed by atoms with Gasteiger partial charge in [0.25, 0.3) is 5.91 Å². The van der Waals surface area contributed by atoms with Crippen LogP contribution in [0.4, 0.5) is 5.69 Å². The van der Waals surface area contributed by atoms with E-state index in [0.29, 0.717) is 40.9 Å². The Labute approximate surface area is 179 Å². The van der Waals surface area contributed by atoms with E-state index >= 15 is 0 Å². The fourth-order valence-electron chi connectivity index (χ4n) is 2.87. The molecule has 0 unspecified atom stereocenters. The molecule has 2 amide bonds. The van der Waals surface area contributed by atoms with Crippen LogP contribution in [0.25, 0.3) is 0 Å². The molecule has 0 atom stereocenters. The summed E-state index contributed by atoms with van der Waals surface area (Å²) in [4.78, 5) is 25.1. The van der Waals surface area contributed by atoms with Crippen LogP contribution in [-0.4, -0.2) is 30.7 Å². The average molecular weight is 431 g/mol. The highest BCUT2D eigenvalue weighted by molar-refractivity contribution is 8.04. The smallest absolute Gasteiger partial charge is 0.265 e. The SMILES string of the molecule is CC1=C(C(=O)Nc2ccc(CC(=O)NCCc3ccc(Cl)cc3)cc2)SCCO1. The van der Waals surface area contributed by atoms with Crippen LogP contribution in [0.2, 0.25) is 5.02 Å². The highest BCUT2D eigenvalue weighted by Gasteiger charge is 2.18. The highest BCUT2D eigenvalue weighted by atomic mass is 35.5. The van der Waals surface area contributed by atoms with Gasteiger partial charge in [-0.3, -0.25) is 9.59 Å². The van der Waals surface area contributed by atoms with Crippen molar-refractivity contribution >= 4 is 40.9 Å². The van der Waals surface area contributed by atoms with E-state index in [0.717, 1.165) is 23.3 Å². The average Bonchev–Trinajstić information content (AvgIpc) is 2.71. The predicted octanol–water partition coefficient (Wildman–Crippen LogP) is 4.17. The topological polar surface area (TPSA) is 67.4 Å². The van der Waals surface area contributed by atoms with Gasteiger partial charge in [-0.05, 0) is 48.7 Å². The van der Waals surface area contributed by atoms with Gasteiger partial charge >= 0.3 is 0 Å². The first-order valence-corrected chi connectivity index (χ1v) is 10.8. The van der Waals surface area contributed by atoms with E-state index < -0.39 is 0 Å². The van der Waals surface area contributed by atoms with Gasteiger partial charge in [0.2, 0.25) is 5.91 Å². The number of carbonyl (C=O) groups excluding carboxylic acids is 2. The second-order valence-electron chi connectivity index (χ2n) is 6.64. The molecular weight excluding hydrogens is 408 g/mol. The number of anilines is 1. The van der Waals surface area contributed by atoms with E-state index in [2.05, 4.69) is 10.6 Å². The summed E-state index contributed by atoms with van der Waals surface area (Å²) in [7, 11) is 0. The lowest BCUT2D eigenvalue weighted by molar-refractivity contribution is -0.120. The zero-order chi connectivity index (χ0) is 20.6. The Balaban J connectivity index is 1.45. The van der Waals surface area contributed by atoms with Crippen molar-refractivity contribution in [1.82, 2.24) is 5.32 Å². The first-order valence-electron chi connectivity index (χ1n) is 9.39. The number of nitrogens with one attached hydrogen (secondary N) is 2.